The number of rotatable bonds is 5. The molecule has 0 aliphatic carbocycles. The summed E-state index contributed by atoms with van der Waals surface area (Å²) in [7, 11) is 0. The van der Waals surface area contributed by atoms with Crippen molar-refractivity contribution in [2.45, 2.75) is 26.0 Å². The fourth-order valence-electron chi connectivity index (χ4n) is 1.99. The first-order valence-corrected chi connectivity index (χ1v) is 6.81. The van der Waals surface area contributed by atoms with Crippen molar-refractivity contribution in [3.8, 4) is 0 Å². The van der Waals surface area contributed by atoms with Crippen LogP contribution in [0.4, 0.5) is 4.39 Å². The monoisotopic (exact) mass is 287 g/mol. The lowest BCUT2D eigenvalue weighted by Crippen LogP contribution is -2.24. The summed E-state index contributed by atoms with van der Waals surface area (Å²) in [5, 5.41) is 12.6. The molecule has 0 aliphatic heterocycles. The molecular formula is C17H18FNO2. The van der Waals surface area contributed by atoms with Crippen molar-refractivity contribution < 1.29 is 14.3 Å². The number of aliphatic hydroxyl groups is 1. The first-order chi connectivity index (χ1) is 10.1. The second kappa shape index (κ2) is 6.99. The molecule has 0 aromatic heterocycles. The lowest BCUT2D eigenvalue weighted by atomic mass is 10.1. The van der Waals surface area contributed by atoms with E-state index < -0.39 is 6.10 Å². The van der Waals surface area contributed by atoms with Crippen LogP contribution in [-0.2, 0) is 11.3 Å². The number of halogens is 1. The summed E-state index contributed by atoms with van der Waals surface area (Å²) >= 11 is 0. The Bertz CT molecular complexity index is 613. The van der Waals surface area contributed by atoms with Gasteiger partial charge in [-0.2, -0.15) is 0 Å². The molecule has 1 unspecified atom stereocenters. The second-order valence-corrected chi connectivity index (χ2v) is 4.99. The van der Waals surface area contributed by atoms with E-state index in [2.05, 4.69) is 5.32 Å². The van der Waals surface area contributed by atoms with Crippen molar-refractivity contribution in [1.29, 1.82) is 0 Å². The number of aliphatic hydroxyl groups excluding tert-OH is 1. The third kappa shape index (κ3) is 4.39. The minimum atomic E-state index is -0.832. The highest BCUT2D eigenvalue weighted by atomic mass is 19.1. The molecule has 0 saturated heterocycles. The maximum absolute atomic E-state index is 13.4. The van der Waals surface area contributed by atoms with Gasteiger partial charge in [0.05, 0.1) is 12.5 Å². The van der Waals surface area contributed by atoms with Gasteiger partial charge in [0.15, 0.2) is 0 Å². The molecule has 0 heterocycles. The molecule has 0 aliphatic rings. The van der Waals surface area contributed by atoms with E-state index in [0.29, 0.717) is 16.7 Å². The molecule has 0 spiro atoms. The molecule has 21 heavy (non-hydrogen) atoms. The largest absolute Gasteiger partial charge is 0.388 e. The molecule has 3 nitrogen and oxygen atoms in total. The van der Waals surface area contributed by atoms with E-state index in [9.17, 15) is 14.3 Å². The predicted octanol–water partition coefficient (Wildman–Crippen LogP) is 2.87. The van der Waals surface area contributed by atoms with Crippen LogP contribution in [0.25, 0.3) is 0 Å². The molecule has 110 valence electrons. The third-order valence-electron chi connectivity index (χ3n) is 3.29. The number of carbonyl (C=O) groups is 1. The molecule has 1 atom stereocenters. The summed E-state index contributed by atoms with van der Waals surface area (Å²) < 4.78 is 13.4. The number of benzene rings is 2. The molecule has 2 rings (SSSR count). The topological polar surface area (TPSA) is 49.3 Å². The number of hydrogen-bond donors (Lipinski definition) is 2. The number of aryl methyl sites for hydroxylation is 1. The summed E-state index contributed by atoms with van der Waals surface area (Å²) in [6, 6.07) is 13.9. The Hall–Kier alpha value is -2.20. The van der Waals surface area contributed by atoms with E-state index >= 15 is 0 Å². The van der Waals surface area contributed by atoms with Crippen LogP contribution >= 0.6 is 0 Å². The zero-order valence-electron chi connectivity index (χ0n) is 11.8. The summed E-state index contributed by atoms with van der Waals surface area (Å²) in [5.41, 5.74) is 1.97. The minimum absolute atomic E-state index is 0.0155. The van der Waals surface area contributed by atoms with Crippen molar-refractivity contribution in [1.82, 2.24) is 5.32 Å². The van der Waals surface area contributed by atoms with Crippen molar-refractivity contribution in [3.05, 3.63) is 71.0 Å². The van der Waals surface area contributed by atoms with Crippen LogP contribution in [0.1, 0.15) is 29.2 Å². The van der Waals surface area contributed by atoms with E-state index in [4.69, 9.17) is 0 Å². The lowest BCUT2D eigenvalue weighted by Gasteiger charge is -2.11. The highest BCUT2D eigenvalue weighted by molar-refractivity contribution is 5.76. The maximum atomic E-state index is 13.4. The number of nitrogens with one attached hydrogen (secondary N) is 1. The van der Waals surface area contributed by atoms with E-state index in [1.807, 2.05) is 18.2 Å². The molecule has 0 fully saturated rings. The number of carbonyl (C=O) groups excluding carboxylic acids is 1. The predicted molar refractivity (Wildman–Crippen MR) is 79.0 cm³/mol. The van der Waals surface area contributed by atoms with Gasteiger partial charge in [0.25, 0.3) is 0 Å². The van der Waals surface area contributed by atoms with Crippen LogP contribution < -0.4 is 5.32 Å². The van der Waals surface area contributed by atoms with Crippen molar-refractivity contribution in [3.63, 3.8) is 0 Å². The van der Waals surface area contributed by atoms with Gasteiger partial charge in [0.1, 0.15) is 5.82 Å². The highest BCUT2D eigenvalue weighted by Gasteiger charge is 2.12. The smallest absolute Gasteiger partial charge is 0.223 e. The molecule has 1 amide bonds. The van der Waals surface area contributed by atoms with Gasteiger partial charge in [-0.25, -0.2) is 4.39 Å². The van der Waals surface area contributed by atoms with Crippen LogP contribution in [0.15, 0.2) is 48.5 Å². The van der Waals surface area contributed by atoms with E-state index in [-0.39, 0.29) is 24.7 Å². The molecule has 4 heteroatoms. The van der Waals surface area contributed by atoms with Crippen LogP contribution in [-0.4, -0.2) is 11.0 Å². The minimum Gasteiger partial charge on any atom is -0.388 e. The average Bonchev–Trinajstić information content (AvgIpc) is 2.49. The molecule has 2 aromatic rings. The van der Waals surface area contributed by atoms with Gasteiger partial charge in [-0.3, -0.25) is 4.79 Å². The zero-order chi connectivity index (χ0) is 15.2. The Labute approximate surface area is 123 Å². The molecule has 2 N–H and O–H groups in total. The van der Waals surface area contributed by atoms with E-state index in [0.717, 1.165) is 0 Å². The van der Waals surface area contributed by atoms with Gasteiger partial charge in [-0.15, -0.1) is 0 Å². The van der Waals surface area contributed by atoms with Crippen LogP contribution in [0.3, 0.4) is 0 Å². The van der Waals surface area contributed by atoms with Crippen molar-refractivity contribution >= 4 is 5.91 Å². The fourth-order valence-corrected chi connectivity index (χ4v) is 1.99. The van der Waals surface area contributed by atoms with Gasteiger partial charge in [0.2, 0.25) is 5.91 Å². The van der Waals surface area contributed by atoms with Crippen molar-refractivity contribution in [2.24, 2.45) is 0 Å². The van der Waals surface area contributed by atoms with Gasteiger partial charge in [-0.05, 0) is 29.7 Å². The second-order valence-electron chi connectivity index (χ2n) is 4.99. The lowest BCUT2D eigenvalue weighted by molar-refractivity contribution is -0.123. The average molecular weight is 287 g/mol. The van der Waals surface area contributed by atoms with Crippen molar-refractivity contribution in [2.75, 3.05) is 0 Å². The molecule has 0 bridgehead atoms. The summed E-state index contributed by atoms with van der Waals surface area (Å²) in [5.74, 6) is -0.557. The normalized spacial score (nSPS) is 12.0. The quantitative estimate of drug-likeness (QED) is 0.888. The maximum Gasteiger partial charge on any atom is 0.223 e. The van der Waals surface area contributed by atoms with E-state index in [1.165, 1.54) is 6.07 Å². The first kappa shape index (κ1) is 15.2. The Morgan fingerprint density at radius 1 is 1.24 bits per heavy atom. The van der Waals surface area contributed by atoms with E-state index in [1.54, 1.807) is 31.2 Å². The summed E-state index contributed by atoms with van der Waals surface area (Å²) in [6.45, 7) is 1.94. The Balaban J connectivity index is 1.86. The summed E-state index contributed by atoms with van der Waals surface area (Å²) in [6.07, 6.45) is -0.848. The standard InChI is InChI=1S/C17H18FNO2/c1-12-7-8-13(9-15(12)18)11-19-17(21)10-16(20)14-5-3-2-4-6-14/h2-9,16,20H,10-11H2,1H3,(H,19,21). The first-order valence-electron chi connectivity index (χ1n) is 6.81. The molecule has 0 radical (unpaired) electrons. The Kier molecular flexibility index (Phi) is 5.06. The molecular weight excluding hydrogens is 269 g/mol. The Morgan fingerprint density at radius 2 is 1.95 bits per heavy atom. The van der Waals surface area contributed by atoms with Crippen LogP contribution in [0.2, 0.25) is 0 Å². The highest BCUT2D eigenvalue weighted by Crippen LogP contribution is 2.15. The number of amides is 1. The van der Waals surface area contributed by atoms with Gasteiger partial charge in [-0.1, -0.05) is 42.5 Å². The fraction of sp³-hybridized carbons (Fsp3) is 0.235. The molecule has 0 saturated carbocycles. The summed E-state index contributed by atoms with van der Waals surface area (Å²) in [4.78, 5) is 11.8. The van der Waals surface area contributed by atoms with Crippen LogP contribution in [0, 0.1) is 12.7 Å². The zero-order valence-corrected chi connectivity index (χ0v) is 11.8. The van der Waals surface area contributed by atoms with Gasteiger partial charge < -0.3 is 10.4 Å². The third-order valence-corrected chi connectivity index (χ3v) is 3.29. The van der Waals surface area contributed by atoms with Gasteiger partial charge in [0, 0.05) is 6.54 Å². The van der Waals surface area contributed by atoms with Crippen LogP contribution in [0.5, 0.6) is 0 Å². The van der Waals surface area contributed by atoms with Gasteiger partial charge >= 0.3 is 0 Å². The molecule has 2 aromatic carbocycles. The SMILES string of the molecule is Cc1ccc(CNC(=O)CC(O)c2ccccc2)cc1F. The Morgan fingerprint density at radius 3 is 2.62 bits per heavy atom. The number of hydrogen-bond acceptors (Lipinski definition) is 2.